The maximum Gasteiger partial charge on any atom is 0.408 e. The maximum absolute atomic E-state index is 12.2. The highest BCUT2D eigenvalue weighted by molar-refractivity contribution is 5.98. The highest BCUT2D eigenvalue weighted by atomic mass is 16.6. The summed E-state index contributed by atoms with van der Waals surface area (Å²) in [5, 5.41) is 3.71. The molecule has 0 aliphatic heterocycles. The molecular formula is C25H29N5O5. The third-order valence-electron chi connectivity index (χ3n) is 5.53. The Balaban J connectivity index is 1.67. The molecule has 1 atom stereocenters. The van der Waals surface area contributed by atoms with Crippen molar-refractivity contribution in [3.63, 3.8) is 0 Å². The average Bonchev–Trinajstić information content (AvgIpc) is 3.36. The number of H-pyrrole nitrogens is 1. The molecule has 3 heterocycles. The van der Waals surface area contributed by atoms with Crippen molar-refractivity contribution in [1.29, 1.82) is 0 Å². The summed E-state index contributed by atoms with van der Waals surface area (Å²) in [5.41, 5.74) is 3.27. The van der Waals surface area contributed by atoms with Crippen LogP contribution in [0.3, 0.4) is 0 Å². The molecule has 2 N–H and O–H groups in total. The molecule has 35 heavy (non-hydrogen) atoms. The number of hydrogen-bond acceptors (Lipinski definition) is 7. The van der Waals surface area contributed by atoms with E-state index in [0.717, 1.165) is 16.6 Å². The number of nitrogens with one attached hydrogen (secondary N) is 2. The summed E-state index contributed by atoms with van der Waals surface area (Å²) in [6, 6.07) is 8.84. The van der Waals surface area contributed by atoms with Crippen LogP contribution in [0.5, 0.6) is 5.75 Å². The van der Waals surface area contributed by atoms with E-state index in [2.05, 4.69) is 15.3 Å². The maximum atomic E-state index is 12.2. The number of aryl methyl sites for hydroxylation is 1. The normalized spacial score (nSPS) is 12.5. The van der Waals surface area contributed by atoms with Crippen LogP contribution in [0.4, 0.5) is 4.79 Å². The average molecular weight is 480 g/mol. The first kappa shape index (κ1) is 24.1. The lowest BCUT2D eigenvalue weighted by Gasteiger charge is -2.21. The van der Waals surface area contributed by atoms with E-state index in [-0.39, 0.29) is 6.04 Å². The lowest BCUT2D eigenvalue weighted by Crippen LogP contribution is -2.34. The number of esters is 1. The van der Waals surface area contributed by atoms with Gasteiger partial charge in [-0.3, -0.25) is 0 Å². The number of aromatic nitrogens is 4. The first-order valence-electron chi connectivity index (χ1n) is 11.1. The van der Waals surface area contributed by atoms with E-state index in [0.29, 0.717) is 34.0 Å². The van der Waals surface area contributed by atoms with Gasteiger partial charge >= 0.3 is 12.1 Å². The van der Waals surface area contributed by atoms with E-state index in [4.69, 9.17) is 19.2 Å². The Morgan fingerprint density at radius 2 is 1.86 bits per heavy atom. The third-order valence-corrected chi connectivity index (χ3v) is 5.53. The van der Waals surface area contributed by atoms with Gasteiger partial charge in [0.15, 0.2) is 5.82 Å². The summed E-state index contributed by atoms with van der Waals surface area (Å²) in [4.78, 5) is 37.0. The summed E-state index contributed by atoms with van der Waals surface area (Å²) >= 11 is 0. The third kappa shape index (κ3) is 4.77. The number of pyridine rings is 1. The number of rotatable bonds is 5. The number of aromatic amines is 1. The number of carbonyl (C=O) groups excluding carboxylic acids is 2. The minimum absolute atomic E-state index is 0.307. The fourth-order valence-corrected chi connectivity index (χ4v) is 3.84. The predicted octanol–water partition coefficient (Wildman–Crippen LogP) is 4.50. The molecule has 4 rings (SSSR count). The first-order valence-corrected chi connectivity index (χ1v) is 11.1. The zero-order valence-corrected chi connectivity index (χ0v) is 20.8. The molecule has 0 radical (unpaired) electrons. The van der Waals surface area contributed by atoms with E-state index >= 15 is 0 Å². The number of amides is 1. The van der Waals surface area contributed by atoms with Crippen molar-refractivity contribution in [3.8, 4) is 17.3 Å². The fourth-order valence-electron chi connectivity index (χ4n) is 3.84. The van der Waals surface area contributed by atoms with Gasteiger partial charge in [-0.05, 0) is 52.0 Å². The molecule has 0 aliphatic carbocycles. The summed E-state index contributed by atoms with van der Waals surface area (Å²) in [6.45, 7) is 7.29. The van der Waals surface area contributed by atoms with Crippen LogP contribution in [-0.2, 0) is 16.5 Å². The van der Waals surface area contributed by atoms with Crippen molar-refractivity contribution in [3.05, 3.63) is 41.6 Å². The Morgan fingerprint density at radius 1 is 1.11 bits per heavy atom. The van der Waals surface area contributed by atoms with Crippen LogP contribution in [0.1, 0.15) is 49.8 Å². The molecule has 10 heteroatoms. The van der Waals surface area contributed by atoms with Gasteiger partial charge in [0, 0.05) is 18.5 Å². The molecule has 4 aromatic rings. The van der Waals surface area contributed by atoms with Crippen molar-refractivity contribution in [2.24, 2.45) is 7.05 Å². The molecule has 10 nitrogen and oxygen atoms in total. The van der Waals surface area contributed by atoms with Gasteiger partial charge in [0.2, 0.25) is 0 Å². The molecule has 0 saturated heterocycles. The Bertz CT molecular complexity index is 1430. The van der Waals surface area contributed by atoms with Crippen LogP contribution >= 0.6 is 0 Å². The second-order valence-electron chi connectivity index (χ2n) is 9.25. The van der Waals surface area contributed by atoms with Crippen LogP contribution in [0.15, 0.2) is 30.3 Å². The number of alkyl carbamates (subject to hydrolysis) is 1. The van der Waals surface area contributed by atoms with Crippen molar-refractivity contribution in [1.82, 2.24) is 24.8 Å². The number of nitrogens with zero attached hydrogens (tertiary/aromatic N) is 3. The Morgan fingerprint density at radius 3 is 2.51 bits per heavy atom. The SMILES string of the molecule is COC(=O)c1cc2nc(-c3cc4ccc([C@@H](C)NC(=O)OC(C)(C)C)nc4[nH]3)n(C)c2cc1OC. The van der Waals surface area contributed by atoms with Crippen LogP contribution in [0.2, 0.25) is 0 Å². The minimum atomic E-state index is -0.581. The molecular weight excluding hydrogens is 450 g/mol. The van der Waals surface area contributed by atoms with Gasteiger partial charge in [-0.2, -0.15) is 0 Å². The summed E-state index contributed by atoms with van der Waals surface area (Å²) in [5.74, 6) is 0.587. The van der Waals surface area contributed by atoms with Crippen molar-refractivity contribution in [2.75, 3.05) is 14.2 Å². The molecule has 3 aromatic heterocycles. The van der Waals surface area contributed by atoms with Crippen LogP contribution in [0, 0.1) is 0 Å². The number of methoxy groups -OCH3 is 2. The zero-order chi connectivity index (χ0) is 25.5. The first-order chi connectivity index (χ1) is 16.5. The quantitative estimate of drug-likeness (QED) is 0.404. The molecule has 0 bridgehead atoms. The van der Waals surface area contributed by atoms with Gasteiger partial charge in [0.25, 0.3) is 0 Å². The summed E-state index contributed by atoms with van der Waals surface area (Å²) in [6.07, 6.45) is -0.500. The number of imidazole rings is 1. The van der Waals surface area contributed by atoms with Crippen LogP contribution < -0.4 is 10.1 Å². The molecule has 1 amide bonds. The summed E-state index contributed by atoms with van der Waals surface area (Å²) in [7, 11) is 4.72. The van der Waals surface area contributed by atoms with Gasteiger partial charge in [0.05, 0.1) is 42.7 Å². The molecule has 0 aliphatic rings. The standard InChI is InChI=1S/C25H29N5O5/c1-13(26-24(32)35-25(2,3)4)16-9-8-14-10-18(28-21(14)27-16)22-29-17-11-15(23(31)34-7)20(33-6)12-19(17)30(22)5/h8-13H,1-7H3,(H,26,32)(H,27,28)/t13-/m1/s1. The second kappa shape index (κ2) is 8.94. The van der Waals surface area contributed by atoms with Gasteiger partial charge < -0.3 is 29.1 Å². The van der Waals surface area contributed by atoms with Crippen molar-refractivity contribution < 1.29 is 23.8 Å². The van der Waals surface area contributed by atoms with Crippen molar-refractivity contribution in [2.45, 2.75) is 39.3 Å². The van der Waals surface area contributed by atoms with E-state index in [9.17, 15) is 9.59 Å². The number of carbonyl (C=O) groups is 2. The Hall–Kier alpha value is -4.08. The largest absolute Gasteiger partial charge is 0.496 e. The van der Waals surface area contributed by atoms with Gasteiger partial charge in [0.1, 0.15) is 22.6 Å². The van der Waals surface area contributed by atoms with E-state index in [1.54, 1.807) is 12.1 Å². The monoisotopic (exact) mass is 479 g/mol. The predicted molar refractivity (Wildman–Crippen MR) is 131 cm³/mol. The Labute approximate surface area is 202 Å². The molecule has 0 saturated carbocycles. The van der Waals surface area contributed by atoms with Gasteiger partial charge in [-0.25, -0.2) is 19.6 Å². The molecule has 1 aromatic carbocycles. The lowest BCUT2D eigenvalue weighted by atomic mass is 10.1. The van der Waals surface area contributed by atoms with E-state index < -0.39 is 17.7 Å². The molecule has 0 fully saturated rings. The van der Waals surface area contributed by atoms with Crippen LogP contribution in [0.25, 0.3) is 33.6 Å². The Kier molecular flexibility index (Phi) is 6.14. The molecule has 0 spiro atoms. The number of ether oxygens (including phenoxy) is 3. The topological polar surface area (TPSA) is 120 Å². The van der Waals surface area contributed by atoms with E-state index in [1.807, 2.05) is 57.5 Å². The number of benzene rings is 1. The molecule has 184 valence electrons. The fraction of sp³-hybridized carbons (Fsp3) is 0.360. The lowest BCUT2D eigenvalue weighted by molar-refractivity contribution is 0.0506. The summed E-state index contributed by atoms with van der Waals surface area (Å²) < 4.78 is 17.5. The smallest absolute Gasteiger partial charge is 0.408 e. The minimum Gasteiger partial charge on any atom is -0.496 e. The van der Waals surface area contributed by atoms with Gasteiger partial charge in [-0.15, -0.1) is 0 Å². The second-order valence-corrected chi connectivity index (χ2v) is 9.25. The number of hydrogen-bond donors (Lipinski definition) is 2. The molecule has 0 unspecified atom stereocenters. The van der Waals surface area contributed by atoms with Gasteiger partial charge in [-0.1, -0.05) is 0 Å². The highest BCUT2D eigenvalue weighted by Gasteiger charge is 2.21. The zero-order valence-electron chi connectivity index (χ0n) is 20.8. The van der Waals surface area contributed by atoms with E-state index in [1.165, 1.54) is 14.2 Å². The number of fused-ring (bicyclic) bond motifs is 2. The highest BCUT2D eigenvalue weighted by Crippen LogP contribution is 2.31. The van der Waals surface area contributed by atoms with Crippen LogP contribution in [-0.4, -0.2) is 51.4 Å². The van der Waals surface area contributed by atoms with Crippen molar-refractivity contribution >= 4 is 34.1 Å².